The van der Waals surface area contributed by atoms with Crippen molar-refractivity contribution in [2.45, 2.75) is 0 Å². The first-order valence-corrected chi connectivity index (χ1v) is 18.4. The molecule has 0 bridgehead atoms. The lowest BCUT2D eigenvalue weighted by molar-refractivity contribution is 1.08. The molecule has 0 atom stereocenters. The molecule has 0 aliphatic carbocycles. The molecule has 0 saturated heterocycles. The van der Waals surface area contributed by atoms with Gasteiger partial charge in [-0.3, -0.25) is 0 Å². The fraction of sp³-hybridized carbons (Fsp3) is 0. The van der Waals surface area contributed by atoms with Crippen LogP contribution < -0.4 is 0 Å². The molecule has 3 nitrogen and oxygen atoms in total. The Kier molecular flexibility index (Phi) is 6.86. The Balaban J connectivity index is 1.13. The summed E-state index contributed by atoms with van der Waals surface area (Å²) in [5.74, 6) is 1.94. The average Bonchev–Trinajstić information content (AvgIpc) is 3.25. The summed E-state index contributed by atoms with van der Waals surface area (Å²) < 4.78 is 0. The maximum absolute atomic E-state index is 5.29. The van der Waals surface area contributed by atoms with E-state index in [9.17, 15) is 0 Å². The van der Waals surface area contributed by atoms with Gasteiger partial charge in [-0.1, -0.05) is 176 Å². The minimum atomic E-state index is 0.645. The van der Waals surface area contributed by atoms with Gasteiger partial charge in [0.15, 0.2) is 17.5 Å². The van der Waals surface area contributed by atoms with E-state index in [1.54, 1.807) is 0 Å². The van der Waals surface area contributed by atoms with E-state index < -0.39 is 0 Å². The Bertz CT molecular complexity index is 3190. The van der Waals surface area contributed by atoms with Crippen LogP contribution in [0.1, 0.15) is 0 Å². The van der Waals surface area contributed by atoms with E-state index in [0.717, 1.165) is 38.2 Å². The van der Waals surface area contributed by atoms with Gasteiger partial charge in [-0.2, -0.15) is 0 Å². The van der Waals surface area contributed by atoms with Crippen LogP contribution in [0, 0.1) is 0 Å². The monoisotopic (exact) mass is 685 g/mol. The van der Waals surface area contributed by atoms with Crippen LogP contribution in [0.15, 0.2) is 188 Å². The molecule has 0 radical (unpaired) electrons. The molecule has 3 heteroatoms. The Morgan fingerprint density at radius 1 is 0.222 bits per heavy atom. The average molecular weight is 686 g/mol. The Morgan fingerprint density at radius 3 is 1.26 bits per heavy atom. The van der Waals surface area contributed by atoms with Crippen molar-refractivity contribution >= 4 is 53.9 Å². The maximum atomic E-state index is 5.29. The van der Waals surface area contributed by atoms with Crippen molar-refractivity contribution < 1.29 is 0 Å². The van der Waals surface area contributed by atoms with Crippen molar-refractivity contribution in [3.63, 3.8) is 0 Å². The van der Waals surface area contributed by atoms with Gasteiger partial charge in [0.25, 0.3) is 0 Å². The standard InChI is InChI=1S/C51H31N3/c1-3-12-32(13-4-1)37-28-30-45(40-20-9-7-18-38(37)40)50-52-49(36-14-5-2-6-15-36)53-51(54-50)46-31-29-42(39-19-8-10-21-41(39)46)43-26-24-35-23-22-33-16-11-17-34-25-27-44(43)48(35)47(33)34/h1-31H. The van der Waals surface area contributed by atoms with Gasteiger partial charge in [-0.25, -0.2) is 15.0 Å². The first kappa shape index (κ1) is 30.4. The molecule has 250 valence electrons. The van der Waals surface area contributed by atoms with Gasteiger partial charge < -0.3 is 0 Å². The third-order valence-corrected chi connectivity index (χ3v) is 10.9. The van der Waals surface area contributed by atoms with Crippen molar-refractivity contribution in [3.05, 3.63) is 188 Å². The number of hydrogen-bond acceptors (Lipinski definition) is 3. The van der Waals surface area contributed by atoms with E-state index in [2.05, 4.69) is 170 Å². The van der Waals surface area contributed by atoms with Crippen LogP contribution in [0.4, 0.5) is 0 Å². The van der Waals surface area contributed by atoms with E-state index in [1.165, 1.54) is 54.6 Å². The summed E-state index contributed by atoms with van der Waals surface area (Å²) in [6, 6.07) is 66.9. The van der Waals surface area contributed by atoms with E-state index in [1.807, 2.05) is 18.2 Å². The van der Waals surface area contributed by atoms with Gasteiger partial charge in [0, 0.05) is 16.7 Å². The lowest BCUT2D eigenvalue weighted by Crippen LogP contribution is -2.01. The first-order valence-electron chi connectivity index (χ1n) is 18.4. The number of aromatic nitrogens is 3. The second-order valence-corrected chi connectivity index (χ2v) is 13.9. The Labute approximate surface area is 312 Å². The highest BCUT2D eigenvalue weighted by atomic mass is 15.0. The number of fused-ring (bicyclic) bond motifs is 2. The van der Waals surface area contributed by atoms with Gasteiger partial charge in [0.1, 0.15) is 0 Å². The summed E-state index contributed by atoms with van der Waals surface area (Å²) >= 11 is 0. The van der Waals surface area contributed by atoms with E-state index in [4.69, 9.17) is 15.0 Å². The van der Waals surface area contributed by atoms with Crippen molar-refractivity contribution in [3.8, 4) is 56.4 Å². The van der Waals surface area contributed by atoms with Crippen molar-refractivity contribution in [1.82, 2.24) is 15.0 Å². The molecule has 1 heterocycles. The molecule has 0 saturated carbocycles. The molecule has 0 unspecified atom stereocenters. The van der Waals surface area contributed by atoms with Crippen LogP contribution in [-0.2, 0) is 0 Å². The topological polar surface area (TPSA) is 38.7 Å². The number of hydrogen-bond donors (Lipinski definition) is 0. The summed E-state index contributed by atoms with van der Waals surface area (Å²) in [5.41, 5.74) is 7.65. The Morgan fingerprint density at radius 2 is 0.630 bits per heavy atom. The molecule has 0 N–H and O–H groups in total. The SMILES string of the molecule is c1ccc(-c2nc(-c3ccc(-c4ccccc4)c4ccccc34)nc(-c3ccc(-c4ccc5ccc6cccc7ccc4c5c67)c4ccccc34)n2)cc1. The second kappa shape index (κ2) is 12.2. The van der Waals surface area contributed by atoms with E-state index >= 15 is 0 Å². The first-order chi connectivity index (χ1) is 26.8. The molecule has 0 amide bonds. The molecule has 0 spiro atoms. The fourth-order valence-electron chi connectivity index (χ4n) is 8.40. The zero-order valence-electron chi connectivity index (χ0n) is 29.2. The lowest BCUT2D eigenvalue weighted by atomic mass is 9.87. The van der Waals surface area contributed by atoms with Crippen LogP contribution in [0.5, 0.6) is 0 Å². The van der Waals surface area contributed by atoms with Crippen molar-refractivity contribution in [1.29, 1.82) is 0 Å². The molecular weight excluding hydrogens is 655 g/mol. The molecule has 54 heavy (non-hydrogen) atoms. The highest BCUT2D eigenvalue weighted by molar-refractivity contribution is 6.26. The maximum Gasteiger partial charge on any atom is 0.164 e. The van der Waals surface area contributed by atoms with Crippen molar-refractivity contribution in [2.75, 3.05) is 0 Å². The predicted octanol–water partition coefficient (Wildman–Crippen LogP) is 13.4. The van der Waals surface area contributed by atoms with Gasteiger partial charge in [-0.15, -0.1) is 0 Å². The number of rotatable bonds is 5. The second-order valence-electron chi connectivity index (χ2n) is 13.9. The van der Waals surface area contributed by atoms with Crippen LogP contribution in [0.2, 0.25) is 0 Å². The normalized spacial score (nSPS) is 11.7. The molecule has 1 aromatic heterocycles. The summed E-state index contributed by atoms with van der Waals surface area (Å²) in [4.78, 5) is 15.6. The molecule has 0 aliphatic heterocycles. The molecule has 11 rings (SSSR count). The van der Waals surface area contributed by atoms with Crippen LogP contribution in [0.25, 0.3) is 110 Å². The summed E-state index contributed by atoms with van der Waals surface area (Å²) in [7, 11) is 0. The minimum absolute atomic E-state index is 0.645. The van der Waals surface area contributed by atoms with Crippen LogP contribution in [-0.4, -0.2) is 15.0 Å². The number of nitrogens with zero attached hydrogens (tertiary/aromatic N) is 3. The quantitative estimate of drug-likeness (QED) is 0.169. The highest BCUT2D eigenvalue weighted by Crippen LogP contribution is 2.43. The lowest BCUT2D eigenvalue weighted by Gasteiger charge is -2.17. The smallest absolute Gasteiger partial charge is 0.164 e. The summed E-state index contributed by atoms with van der Waals surface area (Å²) in [6.07, 6.45) is 0. The fourth-order valence-corrected chi connectivity index (χ4v) is 8.40. The summed E-state index contributed by atoms with van der Waals surface area (Å²) in [6.45, 7) is 0. The minimum Gasteiger partial charge on any atom is -0.208 e. The molecule has 11 aromatic rings. The molecule has 10 aromatic carbocycles. The van der Waals surface area contributed by atoms with Crippen LogP contribution in [0.3, 0.4) is 0 Å². The van der Waals surface area contributed by atoms with E-state index in [0.29, 0.717) is 17.5 Å². The molecule has 0 aliphatic rings. The third-order valence-electron chi connectivity index (χ3n) is 10.9. The predicted molar refractivity (Wildman–Crippen MR) is 226 cm³/mol. The van der Waals surface area contributed by atoms with Gasteiger partial charge in [0.05, 0.1) is 0 Å². The molecular formula is C51H31N3. The van der Waals surface area contributed by atoms with Crippen molar-refractivity contribution in [2.24, 2.45) is 0 Å². The summed E-state index contributed by atoms with van der Waals surface area (Å²) in [5, 5.41) is 12.2. The molecule has 0 fully saturated rings. The van der Waals surface area contributed by atoms with E-state index in [-0.39, 0.29) is 0 Å². The third kappa shape index (κ3) is 4.79. The van der Waals surface area contributed by atoms with Crippen LogP contribution >= 0.6 is 0 Å². The number of benzene rings is 10. The van der Waals surface area contributed by atoms with Gasteiger partial charge >= 0.3 is 0 Å². The highest BCUT2D eigenvalue weighted by Gasteiger charge is 2.19. The largest absolute Gasteiger partial charge is 0.208 e. The zero-order chi connectivity index (χ0) is 35.6. The van der Waals surface area contributed by atoms with Gasteiger partial charge in [0.2, 0.25) is 0 Å². The van der Waals surface area contributed by atoms with Gasteiger partial charge in [-0.05, 0) is 88.2 Å². The Hall–Kier alpha value is -7.23. The zero-order valence-corrected chi connectivity index (χ0v) is 29.2.